The summed E-state index contributed by atoms with van der Waals surface area (Å²) in [6, 6.07) is 9.72. The standard InChI is InChI=1S/C27H24F2N2O5S/c1-26(2,3)36-23(32)19-11-17(30-15-37)9-10-27(19)18-12-20(28)21(29)13-22(18)31(24(27)33)25(34)35-14-16-7-5-4-6-8-16/h4-10,12-13,17,19H,11,14H2,1-3H3/t17-,19-,27-/m0/s1. The highest BCUT2D eigenvalue weighted by Crippen LogP contribution is 2.52. The lowest BCUT2D eigenvalue weighted by atomic mass is 9.65. The summed E-state index contributed by atoms with van der Waals surface area (Å²) in [5.74, 6) is -5.37. The first kappa shape index (κ1) is 26.3. The van der Waals surface area contributed by atoms with E-state index in [9.17, 15) is 23.2 Å². The molecule has 7 nitrogen and oxygen atoms in total. The molecule has 0 fully saturated rings. The number of hydrogen-bond acceptors (Lipinski definition) is 7. The van der Waals surface area contributed by atoms with Crippen LogP contribution in [0.1, 0.15) is 38.3 Å². The van der Waals surface area contributed by atoms with E-state index in [-0.39, 0.29) is 24.3 Å². The van der Waals surface area contributed by atoms with Crippen molar-refractivity contribution in [2.24, 2.45) is 10.9 Å². The monoisotopic (exact) mass is 526 g/mol. The van der Waals surface area contributed by atoms with Gasteiger partial charge in [0.25, 0.3) is 5.91 Å². The number of fused-ring (bicyclic) bond motifs is 2. The molecule has 3 atom stereocenters. The molecule has 2 aromatic carbocycles. The molecule has 37 heavy (non-hydrogen) atoms. The van der Waals surface area contributed by atoms with Crippen LogP contribution in [0.3, 0.4) is 0 Å². The Hall–Kier alpha value is -3.75. The molecule has 0 bridgehead atoms. The van der Waals surface area contributed by atoms with Crippen LogP contribution in [0.4, 0.5) is 19.3 Å². The molecule has 192 valence electrons. The van der Waals surface area contributed by atoms with Crippen LogP contribution in [-0.2, 0) is 31.1 Å². The summed E-state index contributed by atoms with van der Waals surface area (Å²) < 4.78 is 39.8. The first-order valence-corrected chi connectivity index (χ1v) is 11.9. The number of thiocarbonyl (C=S) groups is 1. The number of carbonyl (C=O) groups is 3. The van der Waals surface area contributed by atoms with Crippen molar-refractivity contribution in [2.45, 2.75) is 50.9 Å². The third kappa shape index (κ3) is 4.95. The predicted molar refractivity (Wildman–Crippen MR) is 134 cm³/mol. The van der Waals surface area contributed by atoms with Gasteiger partial charge >= 0.3 is 12.1 Å². The van der Waals surface area contributed by atoms with Crippen LogP contribution in [0.5, 0.6) is 0 Å². The number of isothiocyanates is 1. The van der Waals surface area contributed by atoms with Crippen LogP contribution in [0.25, 0.3) is 0 Å². The van der Waals surface area contributed by atoms with Crippen LogP contribution >= 0.6 is 12.2 Å². The number of amides is 2. The molecule has 1 spiro atoms. The quantitative estimate of drug-likeness (QED) is 0.233. The summed E-state index contributed by atoms with van der Waals surface area (Å²) in [7, 11) is 0. The molecule has 1 aliphatic heterocycles. The summed E-state index contributed by atoms with van der Waals surface area (Å²) in [5, 5.41) is 2.26. The molecular formula is C27H24F2N2O5S. The van der Waals surface area contributed by atoms with Gasteiger partial charge in [-0.15, -0.1) is 0 Å². The molecule has 2 amide bonds. The second kappa shape index (κ2) is 9.95. The van der Waals surface area contributed by atoms with Crippen molar-refractivity contribution >= 4 is 41.0 Å². The summed E-state index contributed by atoms with van der Waals surface area (Å²) in [4.78, 5) is 45.3. The number of anilines is 1. The molecule has 0 saturated heterocycles. The maximum Gasteiger partial charge on any atom is 0.421 e. The van der Waals surface area contributed by atoms with E-state index in [1.165, 1.54) is 12.2 Å². The molecular weight excluding hydrogens is 502 g/mol. The number of rotatable bonds is 4. The van der Waals surface area contributed by atoms with Gasteiger partial charge in [-0.1, -0.05) is 42.5 Å². The van der Waals surface area contributed by atoms with Gasteiger partial charge in [0.2, 0.25) is 0 Å². The Labute approximate surface area is 217 Å². The largest absolute Gasteiger partial charge is 0.460 e. The maximum atomic E-state index is 14.5. The number of imide groups is 1. The molecule has 2 aliphatic rings. The van der Waals surface area contributed by atoms with Crippen LogP contribution in [-0.4, -0.2) is 34.8 Å². The van der Waals surface area contributed by atoms with E-state index < -0.39 is 52.6 Å². The lowest BCUT2D eigenvalue weighted by Gasteiger charge is -2.37. The molecule has 2 aromatic rings. The van der Waals surface area contributed by atoms with Crippen molar-refractivity contribution in [1.82, 2.24) is 0 Å². The highest BCUT2D eigenvalue weighted by atomic mass is 32.1. The molecule has 10 heteroatoms. The van der Waals surface area contributed by atoms with Gasteiger partial charge in [-0.3, -0.25) is 9.59 Å². The fourth-order valence-corrected chi connectivity index (χ4v) is 4.76. The highest BCUT2D eigenvalue weighted by Gasteiger charge is 2.61. The minimum atomic E-state index is -1.86. The van der Waals surface area contributed by atoms with Crippen molar-refractivity contribution < 1.29 is 32.6 Å². The summed E-state index contributed by atoms with van der Waals surface area (Å²) in [6.45, 7) is 4.83. The molecule has 0 aromatic heterocycles. The van der Waals surface area contributed by atoms with Gasteiger partial charge < -0.3 is 9.47 Å². The van der Waals surface area contributed by atoms with Gasteiger partial charge in [0.15, 0.2) is 11.6 Å². The second-order valence-electron chi connectivity index (χ2n) is 9.80. The molecule has 0 radical (unpaired) electrons. The molecule has 0 N–H and O–H groups in total. The van der Waals surface area contributed by atoms with Crippen LogP contribution in [0.2, 0.25) is 0 Å². The van der Waals surface area contributed by atoms with E-state index in [1.54, 1.807) is 51.1 Å². The van der Waals surface area contributed by atoms with Crippen molar-refractivity contribution in [3.05, 3.63) is 77.4 Å². The summed E-state index contributed by atoms with van der Waals surface area (Å²) in [5.41, 5.74) is -2.37. The lowest BCUT2D eigenvalue weighted by molar-refractivity contribution is -0.164. The molecule has 0 saturated carbocycles. The summed E-state index contributed by atoms with van der Waals surface area (Å²) in [6.07, 6.45) is 1.79. The summed E-state index contributed by atoms with van der Waals surface area (Å²) >= 11 is 4.70. The molecule has 4 rings (SSSR count). The zero-order valence-corrected chi connectivity index (χ0v) is 21.2. The number of carbonyl (C=O) groups excluding carboxylic acids is 3. The maximum absolute atomic E-state index is 14.5. The molecule has 1 heterocycles. The Balaban J connectivity index is 1.82. The van der Waals surface area contributed by atoms with E-state index in [2.05, 4.69) is 10.2 Å². The first-order valence-electron chi connectivity index (χ1n) is 11.5. The van der Waals surface area contributed by atoms with Gasteiger partial charge in [-0.25, -0.2) is 23.5 Å². The number of esters is 1. The Bertz CT molecular complexity index is 1330. The van der Waals surface area contributed by atoms with E-state index in [1.807, 2.05) is 0 Å². The number of nitrogens with zero attached hydrogens (tertiary/aromatic N) is 2. The smallest absolute Gasteiger partial charge is 0.421 e. The average Bonchev–Trinajstić information content (AvgIpc) is 3.06. The fraction of sp³-hybridized carbons (Fsp3) is 0.333. The van der Waals surface area contributed by atoms with Gasteiger partial charge in [-0.05, 0) is 56.6 Å². The Morgan fingerprint density at radius 3 is 2.51 bits per heavy atom. The van der Waals surface area contributed by atoms with Crippen LogP contribution in [0.15, 0.2) is 59.6 Å². The van der Waals surface area contributed by atoms with Crippen molar-refractivity contribution in [3.63, 3.8) is 0 Å². The number of benzene rings is 2. The third-order valence-corrected chi connectivity index (χ3v) is 6.29. The topological polar surface area (TPSA) is 85.3 Å². The lowest BCUT2D eigenvalue weighted by Crippen LogP contribution is -2.52. The zero-order valence-electron chi connectivity index (χ0n) is 20.4. The number of hydrogen-bond donors (Lipinski definition) is 0. The zero-order chi connectivity index (χ0) is 27.0. The minimum absolute atomic E-state index is 0.0356. The van der Waals surface area contributed by atoms with Crippen LogP contribution in [0, 0.1) is 17.6 Å². The minimum Gasteiger partial charge on any atom is -0.460 e. The van der Waals surface area contributed by atoms with Crippen LogP contribution < -0.4 is 4.90 Å². The van der Waals surface area contributed by atoms with E-state index in [0.717, 1.165) is 12.1 Å². The van der Waals surface area contributed by atoms with Gasteiger partial charge in [0.1, 0.15) is 17.6 Å². The SMILES string of the molecule is CC(C)(C)OC(=O)[C@@H]1C[C@@H](N=C=S)C=C[C@@]12C(=O)N(C(=O)OCc1ccccc1)c1cc(F)c(F)cc12. The average molecular weight is 527 g/mol. The van der Waals surface area contributed by atoms with Gasteiger partial charge in [0, 0.05) is 6.07 Å². The van der Waals surface area contributed by atoms with Gasteiger partial charge in [0.05, 0.1) is 22.8 Å². The van der Waals surface area contributed by atoms with Crippen molar-refractivity contribution in [1.29, 1.82) is 0 Å². The van der Waals surface area contributed by atoms with Crippen molar-refractivity contribution in [3.8, 4) is 0 Å². The highest BCUT2D eigenvalue weighted by molar-refractivity contribution is 7.78. The number of halogens is 2. The first-order chi connectivity index (χ1) is 17.5. The van der Waals surface area contributed by atoms with Gasteiger partial charge in [-0.2, -0.15) is 0 Å². The third-order valence-electron chi connectivity index (χ3n) is 6.19. The molecule has 0 unspecified atom stereocenters. The van der Waals surface area contributed by atoms with E-state index >= 15 is 0 Å². The van der Waals surface area contributed by atoms with E-state index in [0.29, 0.717) is 10.5 Å². The fourth-order valence-electron chi connectivity index (χ4n) is 4.63. The van der Waals surface area contributed by atoms with Crippen molar-refractivity contribution in [2.75, 3.05) is 4.90 Å². The number of ether oxygens (including phenoxy) is 2. The van der Waals surface area contributed by atoms with E-state index in [4.69, 9.17) is 21.7 Å². The predicted octanol–water partition coefficient (Wildman–Crippen LogP) is 5.28. The normalized spacial score (nSPS) is 22.4. The molecule has 1 aliphatic carbocycles. The Morgan fingerprint density at radius 2 is 1.86 bits per heavy atom. The number of aliphatic imine (C=N–C) groups is 1. The Morgan fingerprint density at radius 1 is 1.19 bits per heavy atom. The second-order valence-corrected chi connectivity index (χ2v) is 9.98. The Kier molecular flexibility index (Phi) is 7.08.